The van der Waals surface area contributed by atoms with Crippen LogP contribution in [0.5, 0.6) is 5.75 Å². The Kier molecular flexibility index (Phi) is 5.62. The number of halogens is 2. The first-order valence-corrected chi connectivity index (χ1v) is 7.31. The van der Waals surface area contributed by atoms with Gasteiger partial charge in [-0.2, -0.15) is 13.9 Å². The zero-order valence-electron chi connectivity index (χ0n) is 13.3. The van der Waals surface area contributed by atoms with Gasteiger partial charge in [0.25, 0.3) is 5.56 Å². The molecule has 1 amide bonds. The average molecular weight is 337 g/mol. The zero-order valence-corrected chi connectivity index (χ0v) is 13.3. The third-order valence-electron chi connectivity index (χ3n) is 3.21. The van der Waals surface area contributed by atoms with E-state index in [9.17, 15) is 18.4 Å². The summed E-state index contributed by atoms with van der Waals surface area (Å²) in [5.74, 6) is -0.287. The van der Waals surface area contributed by atoms with E-state index < -0.39 is 6.61 Å². The molecule has 2 aromatic rings. The molecule has 1 heterocycles. The van der Waals surface area contributed by atoms with Crippen LogP contribution in [0.1, 0.15) is 12.5 Å². The zero-order chi connectivity index (χ0) is 17.7. The van der Waals surface area contributed by atoms with Crippen LogP contribution in [-0.2, 0) is 11.3 Å². The van der Waals surface area contributed by atoms with E-state index in [1.165, 1.54) is 18.2 Å². The average Bonchev–Trinajstić information content (AvgIpc) is 2.51. The summed E-state index contributed by atoms with van der Waals surface area (Å²) in [6.45, 7) is 0.862. The minimum atomic E-state index is -2.89. The minimum Gasteiger partial charge on any atom is -0.435 e. The van der Waals surface area contributed by atoms with Gasteiger partial charge in [0.05, 0.1) is 5.69 Å². The molecule has 24 heavy (non-hydrogen) atoms. The number of nitrogens with zero attached hydrogens (tertiary/aromatic N) is 2. The van der Waals surface area contributed by atoms with Crippen LogP contribution in [0.4, 0.5) is 8.78 Å². The third kappa shape index (κ3) is 4.37. The molecule has 0 spiro atoms. The fourth-order valence-corrected chi connectivity index (χ4v) is 2.16. The summed E-state index contributed by atoms with van der Waals surface area (Å²) >= 11 is 0. The number of hydrogen-bond acceptors (Lipinski definition) is 4. The summed E-state index contributed by atoms with van der Waals surface area (Å²) < 4.78 is 29.7. The van der Waals surface area contributed by atoms with E-state index in [0.717, 1.165) is 4.68 Å². The molecule has 0 bridgehead atoms. The van der Waals surface area contributed by atoms with Crippen LogP contribution >= 0.6 is 0 Å². The Hall–Kier alpha value is -2.77. The second kappa shape index (κ2) is 7.67. The normalized spacial score (nSPS) is 10.7. The van der Waals surface area contributed by atoms with E-state index >= 15 is 0 Å². The highest BCUT2D eigenvalue weighted by Gasteiger charge is 2.11. The van der Waals surface area contributed by atoms with E-state index in [-0.39, 0.29) is 23.8 Å². The summed E-state index contributed by atoms with van der Waals surface area (Å²) in [6.07, 6.45) is 0. The molecule has 1 aromatic heterocycles. The Morgan fingerprint density at radius 1 is 1.33 bits per heavy atom. The molecule has 1 aromatic carbocycles. The van der Waals surface area contributed by atoms with Crippen LogP contribution < -0.4 is 15.6 Å². The predicted octanol–water partition coefficient (Wildman–Crippen LogP) is 1.96. The van der Waals surface area contributed by atoms with Crippen molar-refractivity contribution in [2.24, 2.45) is 0 Å². The Morgan fingerprint density at radius 2 is 2.00 bits per heavy atom. The number of likely N-dealkylation sites (N-methyl/N-ethyl adjacent to an activating group) is 1. The van der Waals surface area contributed by atoms with E-state index in [4.69, 9.17) is 0 Å². The SMILES string of the molecule is CCNC(=O)Cn1nc(-c2ccc(OC(F)F)cc2)c(C)cc1=O. The van der Waals surface area contributed by atoms with Gasteiger partial charge in [0, 0.05) is 18.2 Å². The molecule has 0 fully saturated rings. The maximum Gasteiger partial charge on any atom is 0.387 e. The third-order valence-corrected chi connectivity index (χ3v) is 3.21. The lowest BCUT2D eigenvalue weighted by Gasteiger charge is -2.10. The van der Waals surface area contributed by atoms with Gasteiger partial charge < -0.3 is 10.1 Å². The standard InChI is InChI=1S/C16H17F2N3O3/c1-3-19-13(22)9-21-14(23)8-10(2)15(20-21)11-4-6-12(7-5-11)24-16(17)18/h4-8,16H,3,9H2,1-2H3,(H,19,22). The van der Waals surface area contributed by atoms with Crippen LogP contribution in [0.2, 0.25) is 0 Å². The van der Waals surface area contributed by atoms with Crippen molar-refractivity contribution >= 4 is 5.91 Å². The topological polar surface area (TPSA) is 73.2 Å². The van der Waals surface area contributed by atoms with E-state index in [2.05, 4.69) is 15.2 Å². The molecule has 0 saturated carbocycles. The Labute approximate surface area is 137 Å². The number of aryl methyl sites for hydroxylation is 1. The second-order valence-electron chi connectivity index (χ2n) is 5.03. The number of amides is 1. The van der Waals surface area contributed by atoms with Gasteiger partial charge in [0.2, 0.25) is 5.91 Å². The molecule has 0 saturated heterocycles. The Balaban J connectivity index is 2.32. The van der Waals surface area contributed by atoms with Crippen LogP contribution in [0.15, 0.2) is 35.1 Å². The first-order chi connectivity index (χ1) is 11.4. The molecule has 8 heteroatoms. The molecule has 2 rings (SSSR count). The summed E-state index contributed by atoms with van der Waals surface area (Å²) in [5.41, 5.74) is 1.34. The van der Waals surface area contributed by atoms with Gasteiger partial charge in [-0.3, -0.25) is 9.59 Å². The monoisotopic (exact) mass is 337 g/mol. The molecule has 128 valence electrons. The molecular weight excluding hydrogens is 320 g/mol. The van der Waals surface area contributed by atoms with Crippen LogP contribution in [0, 0.1) is 6.92 Å². The maximum atomic E-state index is 12.2. The van der Waals surface area contributed by atoms with Crippen molar-refractivity contribution < 1.29 is 18.3 Å². The highest BCUT2D eigenvalue weighted by molar-refractivity contribution is 5.75. The lowest BCUT2D eigenvalue weighted by molar-refractivity contribution is -0.121. The highest BCUT2D eigenvalue weighted by Crippen LogP contribution is 2.23. The molecule has 0 atom stereocenters. The molecule has 0 unspecified atom stereocenters. The van der Waals surface area contributed by atoms with Gasteiger partial charge >= 0.3 is 6.61 Å². The van der Waals surface area contributed by atoms with Crippen molar-refractivity contribution in [1.82, 2.24) is 15.1 Å². The van der Waals surface area contributed by atoms with Crippen molar-refractivity contribution in [2.75, 3.05) is 6.54 Å². The van der Waals surface area contributed by atoms with E-state index in [1.54, 1.807) is 26.0 Å². The number of hydrogen-bond donors (Lipinski definition) is 1. The number of carbonyl (C=O) groups is 1. The molecule has 0 aliphatic carbocycles. The summed E-state index contributed by atoms with van der Waals surface area (Å²) in [4.78, 5) is 23.6. The number of benzene rings is 1. The van der Waals surface area contributed by atoms with Gasteiger partial charge in [-0.1, -0.05) is 0 Å². The number of nitrogens with one attached hydrogen (secondary N) is 1. The lowest BCUT2D eigenvalue weighted by atomic mass is 10.1. The van der Waals surface area contributed by atoms with Crippen molar-refractivity contribution in [3.8, 4) is 17.0 Å². The summed E-state index contributed by atoms with van der Waals surface area (Å²) in [7, 11) is 0. The molecule has 6 nitrogen and oxygen atoms in total. The van der Waals surface area contributed by atoms with Gasteiger partial charge in [-0.05, 0) is 43.7 Å². The smallest absolute Gasteiger partial charge is 0.387 e. The van der Waals surface area contributed by atoms with E-state index in [1.807, 2.05) is 0 Å². The predicted molar refractivity (Wildman–Crippen MR) is 84.0 cm³/mol. The quantitative estimate of drug-likeness (QED) is 0.874. The second-order valence-corrected chi connectivity index (χ2v) is 5.03. The molecular formula is C16H17F2N3O3. The van der Waals surface area contributed by atoms with Crippen molar-refractivity contribution in [1.29, 1.82) is 0 Å². The van der Waals surface area contributed by atoms with Crippen LogP contribution in [-0.4, -0.2) is 28.8 Å². The number of ether oxygens (including phenoxy) is 1. The fourth-order valence-electron chi connectivity index (χ4n) is 2.16. The number of aromatic nitrogens is 2. The van der Waals surface area contributed by atoms with Gasteiger partial charge in [-0.25, -0.2) is 4.68 Å². The molecule has 0 radical (unpaired) electrons. The van der Waals surface area contributed by atoms with Crippen LogP contribution in [0.3, 0.4) is 0 Å². The maximum absolute atomic E-state index is 12.2. The minimum absolute atomic E-state index is 0.0297. The molecule has 0 aliphatic heterocycles. The summed E-state index contributed by atoms with van der Waals surface area (Å²) in [5, 5.41) is 6.80. The first-order valence-electron chi connectivity index (χ1n) is 7.31. The van der Waals surface area contributed by atoms with Gasteiger partial charge in [0.1, 0.15) is 12.3 Å². The van der Waals surface area contributed by atoms with Crippen LogP contribution in [0.25, 0.3) is 11.3 Å². The van der Waals surface area contributed by atoms with Gasteiger partial charge in [-0.15, -0.1) is 0 Å². The summed E-state index contributed by atoms with van der Waals surface area (Å²) in [6, 6.07) is 7.29. The Morgan fingerprint density at radius 3 is 2.58 bits per heavy atom. The number of carbonyl (C=O) groups excluding carboxylic acids is 1. The largest absolute Gasteiger partial charge is 0.435 e. The fraction of sp³-hybridized carbons (Fsp3) is 0.312. The number of alkyl halides is 2. The molecule has 0 aliphatic rings. The van der Waals surface area contributed by atoms with Crippen molar-refractivity contribution in [3.05, 3.63) is 46.2 Å². The first kappa shape index (κ1) is 17.6. The molecule has 1 N–H and O–H groups in total. The van der Waals surface area contributed by atoms with E-state index in [0.29, 0.717) is 23.4 Å². The van der Waals surface area contributed by atoms with Crippen molar-refractivity contribution in [2.45, 2.75) is 27.0 Å². The lowest BCUT2D eigenvalue weighted by Crippen LogP contribution is -2.33. The highest BCUT2D eigenvalue weighted by atomic mass is 19.3. The van der Waals surface area contributed by atoms with Crippen molar-refractivity contribution in [3.63, 3.8) is 0 Å². The number of rotatable bonds is 6. The Bertz CT molecular complexity index is 773. The van der Waals surface area contributed by atoms with Gasteiger partial charge in [0.15, 0.2) is 0 Å².